The first kappa shape index (κ1) is 40.2. The average molecular weight is 702 g/mol. The average Bonchev–Trinajstić information content (AvgIpc) is 3.06. The van der Waals surface area contributed by atoms with E-state index in [2.05, 4.69) is 21.3 Å². The predicted octanol–water partition coefficient (Wildman–Crippen LogP) is 4.68. The Labute approximate surface area is 299 Å². The van der Waals surface area contributed by atoms with E-state index in [0.29, 0.717) is 42.9 Å². The molecule has 0 aliphatic carbocycles. The zero-order chi connectivity index (χ0) is 37.6. The molecule has 0 heterocycles. The fourth-order valence-electron chi connectivity index (χ4n) is 5.34. The molecule has 0 saturated heterocycles. The topological polar surface area (TPSA) is 189 Å². The van der Waals surface area contributed by atoms with E-state index in [1.54, 1.807) is 42.5 Å². The van der Waals surface area contributed by atoms with Crippen LogP contribution in [0.25, 0.3) is 0 Å². The molecule has 3 aromatic rings. The monoisotopic (exact) mass is 701 g/mol. The summed E-state index contributed by atoms with van der Waals surface area (Å²) in [5.74, 6) is -1.53. The quantitative estimate of drug-likeness (QED) is 0.103. The van der Waals surface area contributed by atoms with Gasteiger partial charge in [-0.3, -0.25) is 19.2 Å². The number of nitrogens with one attached hydrogen (secondary N) is 4. The maximum Gasteiger partial charge on any atom is 0.335 e. The van der Waals surface area contributed by atoms with Gasteiger partial charge in [-0.15, -0.1) is 0 Å². The van der Waals surface area contributed by atoms with Crippen LogP contribution >= 0.6 is 0 Å². The fourth-order valence-corrected chi connectivity index (χ4v) is 5.34. The van der Waals surface area contributed by atoms with Crippen LogP contribution in [0.1, 0.15) is 85.7 Å². The third-order valence-corrected chi connectivity index (χ3v) is 7.89. The molecule has 4 amide bonds. The molecule has 0 aliphatic heterocycles. The summed E-state index contributed by atoms with van der Waals surface area (Å²) >= 11 is 0. The molecule has 0 radical (unpaired) electrons. The number of hydrogen-bond donors (Lipinski definition) is 6. The molecular weight excluding hydrogens is 650 g/mol. The summed E-state index contributed by atoms with van der Waals surface area (Å²) in [6.07, 6.45) is 1.33. The largest absolute Gasteiger partial charge is 0.492 e. The molecule has 7 N–H and O–H groups in total. The summed E-state index contributed by atoms with van der Waals surface area (Å²) in [6.45, 7) is 10.9. The third-order valence-electron chi connectivity index (χ3n) is 7.89. The van der Waals surface area contributed by atoms with Gasteiger partial charge in [-0.05, 0) is 83.3 Å². The molecule has 51 heavy (non-hydrogen) atoms. The van der Waals surface area contributed by atoms with Crippen LogP contribution in [0.2, 0.25) is 0 Å². The van der Waals surface area contributed by atoms with Gasteiger partial charge < -0.3 is 36.8 Å². The molecule has 1 atom stereocenters. The number of aromatic carboxylic acids is 1. The number of amides is 4. The maximum absolute atomic E-state index is 13.3. The molecule has 12 heteroatoms. The summed E-state index contributed by atoms with van der Waals surface area (Å²) in [4.78, 5) is 62.4. The molecule has 12 nitrogen and oxygen atoms in total. The van der Waals surface area contributed by atoms with Crippen LogP contribution in [0, 0.1) is 10.8 Å². The minimum atomic E-state index is -1.02. The summed E-state index contributed by atoms with van der Waals surface area (Å²) in [6, 6.07) is 19.6. The Balaban J connectivity index is 1.40. The van der Waals surface area contributed by atoms with Crippen molar-refractivity contribution in [2.24, 2.45) is 16.6 Å². The number of benzene rings is 3. The number of hydrogen-bond acceptors (Lipinski definition) is 7. The smallest absolute Gasteiger partial charge is 0.335 e. The van der Waals surface area contributed by atoms with Gasteiger partial charge in [-0.2, -0.15) is 0 Å². The molecule has 3 aromatic carbocycles. The molecule has 0 fully saturated rings. The highest BCUT2D eigenvalue weighted by molar-refractivity contribution is 6.01. The van der Waals surface area contributed by atoms with Gasteiger partial charge in [-0.1, -0.05) is 58.9 Å². The first-order valence-corrected chi connectivity index (χ1v) is 17.0. The second-order valence-corrected chi connectivity index (χ2v) is 14.5. The number of anilines is 1. The standard InChI is InChI=1S/C39H51N5O7/c1-38(2,3)22-32(44-35(47)29-8-6-7-27(21-29)25-40)36(48)43-30-13-9-26(10-14-30)17-18-41-33(45)23-39(4,5)24-34(46)42-19-20-51-31-15-11-28(12-16-31)37(49)50/h6-16,21,32H,17-20,22-25,40H2,1-5H3,(H,41,45)(H,42,46)(H,43,48)(H,44,47)(H,49,50)/t32-/m0/s1. The SMILES string of the molecule is CC(C)(C)C[C@H](NC(=O)c1cccc(CN)c1)C(=O)Nc1ccc(CCNC(=O)CC(C)(C)CC(=O)NCCOc2ccc(C(=O)O)cc2)cc1. The molecule has 0 spiro atoms. The lowest BCUT2D eigenvalue weighted by Gasteiger charge is -2.26. The van der Waals surface area contributed by atoms with Crippen molar-refractivity contribution in [1.82, 2.24) is 16.0 Å². The first-order valence-electron chi connectivity index (χ1n) is 17.0. The lowest BCUT2D eigenvalue weighted by molar-refractivity contribution is -0.126. The van der Waals surface area contributed by atoms with E-state index in [4.69, 9.17) is 15.6 Å². The maximum atomic E-state index is 13.3. The van der Waals surface area contributed by atoms with Crippen molar-refractivity contribution < 1.29 is 33.8 Å². The molecular formula is C39H51N5O7. The number of nitrogens with two attached hydrogens (primary N) is 1. The van der Waals surface area contributed by atoms with E-state index in [1.165, 1.54) is 12.1 Å². The van der Waals surface area contributed by atoms with Crippen molar-refractivity contribution in [1.29, 1.82) is 0 Å². The van der Waals surface area contributed by atoms with Crippen LogP contribution in [0.3, 0.4) is 0 Å². The van der Waals surface area contributed by atoms with Crippen LogP contribution in [-0.2, 0) is 27.3 Å². The van der Waals surface area contributed by atoms with E-state index < -0.39 is 17.4 Å². The summed E-state index contributed by atoms with van der Waals surface area (Å²) in [5.41, 5.74) is 7.92. The van der Waals surface area contributed by atoms with Gasteiger partial charge in [0.2, 0.25) is 17.7 Å². The Morgan fingerprint density at radius 2 is 1.41 bits per heavy atom. The lowest BCUT2D eigenvalue weighted by atomic mass is 9.85. The van der Waals surface area contributed by atoms with Crippen LogP contribution in [-0.4, -0.2) is 60.4 Å². The van der Waals surface area contributed by atoms with Gasteiger partial charge in [-0.25, -0.2) is 4.79 Å². The van der Waals surface area contributed by atoms with Crippen molar-refractivity contribution in [3.05, 3.63) is 95.1 Å². The Kier molecular flexibility index (Phi) is 14.7. The minimum absolute atomic E-state index is 0.155. The summed E-state index contributed by atoms with van der Waals surface area (Å²) in [7, 11) is 0. The molecule has 0 unspecified atom stereocenters. The summed E-state index contributed by atoms with van der Waals surface area (Å²) < 4.78 is 5.54. The number of carboxylic acids is 1. The molecule has 0 aliphatic rings. The first-order chi connectivity index (χ1) is 24.0. The molecule has 0 bridgehead atoms. The van der Waals surface area contributed by atoms with Gasteiger partial charge in [0.05, 0.1) is 12.1 Å². The highest BCUT2D eigenvalue weighted by atomic mass is 16.5. The highest BCUT2D eigenvalue weighted by Crippen LogP contribution is 2.25. The second-order valence-electron chi connectivity index (χ2n) is 14.5. The normalized spacial score (nSPS) is 12.0. The van der Waals surface area contributed by atoms with E-state index in [0.717, 1.165) is 11.1 Å². The highest BCUT2D eigenvalue weighted by Gasteiger charge is 2.28. The summed E-state index contributed by atoms with van der Waals surface area (Å²) in [5, 5.41) is 20.5. The number of carbonyl (C=O) groups is 5. The lowest BCUT2D eigenvalue weighted by Crippen LogP contribution is -2.45. The molecule has 0 aromatic heterocycles. The Hall–Kier alpha value is -5.23. The van der Waals surface area contributed by atoms with Gasteiger partial charge in [0.25, 0.3) is 5.91 Å². The molecule has 3 rings (SSSR count). The van der Waals surface area contributed by atoms with Crippen molar-refractivity contribution in [3.8, 4) is 5.75 Å². The number of ether oxygens (including phenoxy) is 1. The number of carboxylic acid groups (broad SMARTS) is 1. The van der Waals surface area contributed by atoms with Gasteiger partial charge in [0.15, 0.2) is 0 Å². The van der Waals surface area contributed by atoms with Crippen LogP contribution in [0.4, 0.5) is 5.69 Å². The van der Waals surface area contributed by atoms with Gasteiger partial charge in [0, 0.05) is 37.2 Å². The predicted molar refractivity (Wildman–Crippen MR) is 196 cm³/mol. The zero-order valence-electron chi connectivity index (χ0n) is 30.1. The van der Waals surface area contributed by atoms with Crippen molar-refractivity contribution in [2.45, 2.75) is 72.9 Å². The second kappa shape index (κ2) is 18.7. The minimum Gasteiger partial charge on any atom is -0.492 e. The molecule has 274 valence electrons. The van der Waals surface area contributed by atoms with Gasteiger partial charge in [0.1, 0.15) is 18.4 Å². The Morgan fingerprint density at radius 1 is 0.784 bits per heavy atom. The van der Waals surface area contributed by atoms with E-state index in [9.17, 15) is 24.0 Å². The number of carbonyl (C=O) groups excluding carboxylic acids is 4. The molecule has 0 saturated carbocycles. The van der Waals surface area contributed by atoms with Crippen LogP contribution in [0.5, 0.6) is 5.75 Å². The van der Waals surface area contributed by atoms with Gasteiger partial charge >= 0.3 is 5.97 Å². The van der Waals surface area contributed by atoms with E-state index in [-0.39, 0.29) is 60.6 Å². The Morgan fingerprint density at radius 3 is 2.00 bits per heavy atom. The zero-order valence-corrected chi connectivity index (χ0v) is 30.1. The van der Waals surface area contributed by atoms with E-state index in [1.807, 2.05) is 52.8 Å². The fraction of sp³-hybridized carbons (Fsp3) is 0.410. The third kappa shape index (κ3) is 14.6. The Bertz CT molecular complexity index is 1650. The van der Waals surface area contributed by atoms with Crippen molar-refractivity contribution in [3.63, 3.8) is 0 Å². The van der Waals surface area contributed by atoms with E-state index >= 15 is 0 Å². The van der Waals surface area contributed by atoms with Crippen LogP contribution < -0.4 is 31.7 Å². The van der Waals surface area contributed by atoms with Crippen LogP contribution in [0.15, 0.2) is 72.8 Å². The van der Waals surface area contributed by atoms with Crippen molar-refractivity contribution in [2.75, 3.05) is 25.0 Å². The number of rotatable bonds is 18. The van der Waals surface area contributed by atoms with Crippen molar-refractivity contribution >= 4 is 35.3 Å².